The molecule has 1 aliphatic carbocycles. The Morgan fingerprint density at radius 3 is 2.52 bits per heavy atom. The predicted molar refractivity (Wildman–Crippen MR) is 105 cm³/mol. The zero-order valence-corrected chi connectivity index (χ0v) is 15.4. The van der Waals surface area contributed by atoms with Crippen molar-refractivity contribution in [2.24, 2.45) is 10.9 Å². The Kier molecular flexibility index (Phi) is 5.49. The summed E-state index contributed by atoms with van der Waals surface area (Å²) < 4.78 is 0. The minimum Gasteiger partial charge on any atom is -0.348 e. The summed E-state index contributed by atoms with van der Waals surface area (Å²) in [6.07, 6.45) is 6.13. The van der Waals surface area contributed by atoms with E-state index >= 15 is 0 Å². The standard InChI is InChI=1S/C22H25N3O2/c26-21(23-15-16-7-3-1-4-8-16)18-13-11-17(12-14-18)20-24-22(27-25-20)19-9-5-2-6-10-19/h1,3-4,7-8,11-14,19,22H,2,5-6,9-10,15H2,(H,23,26)(H,24,25). The summed E-state index contributed by atoms with van der Waals surface area (Å²) >= 11 is 0. The third-order valence-electron chi connectivity index (χ3n) is 5.30. The lowest BCUT2D eigenvalue weighted by molar-refractivity contribution is -0.00910. The molecule has 140 valence electrons. The van der Waals surface area contributed by atoms with Crippen LogP contribution >= 0.6 is 0 Å². The molecule has 1 aliphatic heterocycles. The molecule has 2 aromatic carbocycles. The van der Waals surface area contributed by atoms with Crippen molar-refractivity contribution in [2.45, 2.75) is 44.9 Å². The van der Waals surface area contributed by atoms with Gasteiger partial charge in [-0.1, -0.05) is 61.7 Å². The smallest absolute Gasteiger partial charge is 0.251 e. The number of amides is 1. The Bertz CT molecular complexity index is 796. The molecule has 0 spiro atoms. The van der Waals surface area contributed by atoms with Gasteiger partial charge in [-0.3, -0.25) is 4.79 Å². The number of nitrogens with one attached hydrogen (secondary N) is 2. The molecular weight excluding hydrogens is 338 g/mol. The average molecular weight is 363 g/mol. The van der Waals surface area contributed by atoms with E-state index in [-0.39, 0.29) is 12.1 Å². The first kappa shape index (κ1) is 17.7. The molecule has 1 heterocycles. The Labute approximate surface area is 159 Å². The lowest BCUT2D eigenvalue weighted by Gasteiger charge is -2.23. The fourth-order valence-corrected chi connectivity index (χ4v) is 3.71. The molecule has 0 aromatic heterocycles. The van der Waals surface area contributed by atoms with E-state index in [4.69, 9.17) is 9.83 Å². The Hall–Kier alpha value is -2.66. The normalized spacial score (nSPS) is 20.0. The van der Waals surface area contributed by atoms with Crippen molar-refractivity contribution in [2.75, 3.05) is 0 Å². The topological polar surface area (TPSA) is 62.7 Å². The monoisotopic (exact) mass is 363 g/mol. The number of amidine groups is 1. The van der Waals surface area contributed by atoms with Crippen LogP contribution in [0.3, 0.4) is 0 Å². The molecule has 4 rings (SSSR count). The summed E-state index contributed by atoms with van der Waals surface area (Å²) in [5.74, 6) is 1.18. The second-order valence-electron chi connectivity index (χ2n) is 7.23. The van der Waals surface area contributed by atoms with Gasteiger partial charge in [-0.2, -0.15) is 0 Å². The molecule has 1 atom stereocenters. The van der Waals surface area contributed by atoms with Gasteiger partial charge in [0.1, 0.15) is 0 Å². The van der Waals surface area contributed by atoms with Crippen LogP contribution in [0, 0.1) is 5.92 Å². The Balaban J connectivity index is 1.36. The van der Waals surface area contributed by atoms with Crippen LogP contribution in [0.4, 0.5) is 0 Å². The summed E-state index contributed by atoms with van der Waals surface area (Å²) in [5.41, 5.74) is 5.62. The molecule has 0 bridgehead atoms. The van der Waals surface area contributed by atoms with Gasteiger partial charge in [-0.25, -0.2) is 15.3 Å². The van der Waals surface area contributed by atoms with Gasteiger partial charge in [0.25, 0.3) is 5.91 Å². The van der Waals surface area contributed by atoms with Gasteiger partial charge in [0.05, 0.1) is 0 Å². The summed E-state index contributed by atoms with van der Waals surface area (Å²) in [5, 5.41) is 2.94. The first-order valence-corrected chi connectivity index (χ1v) is 9.71. The number of carbonyl (C=O) groups is 1. The number of hydrogen-bond donors (Lipinski definition) is 2. The lowest BCUT2D eigenvalue weighted by atomic mass is 9.88. The zero-order valence-electron chi connectivity index (χ0n) is 15.4. The van der Waals surface area contributed by atoms with Gasteiger partial charge in [0.2, 0.25) is 0 Å². The van der Waals surface area contributed by atoms with Crippen molar-refractivity contribution in [3.05, 3.63) is 71.3 Å². The van der Waals surface area contributed by atoms with Crippen molar-refractivity contribution >= 4 is 11.7 Å². The molecule has 1 amide bonds. The summed E-state index contributed by atoms with van der Waals surface area (Å²) in [6, 6.07) is 17.4. The maximum absolute atomic E-state index is 12.3. The van der Waals surface area contributed by atoms with Crippen molar-refractivity contribution in [3.8, 4) is 0 Å². The fourth-order valence-electron chi connectivity index (χ4n) is 3.71. The van der Waals surface area contributed by atoms with Crippen LogP contribution in [0.15, 0.2) is 59.6 Å². The van der Waals surface area contributed by atoms with E-state index in [1.807, 2.05) is 54.6 Å². The summed E-state index contributed by atoms with van der Waals surface area (Å²) in [4.78, 5) is 22.7. The highest BCUT2D eigenvalue weighted by molar-refractivity contribution is 6.00. The van der Waals surface area contributed by atoms with Crippen LogP contribution < -0.4 is 10.8 Å². The van der Waals surface area contributed by atoms with Crippen LogP contribution in [-0.2, 0) is 11.4 Å². The molecule has 2 N–H and O–H groups in total. The summed E-state index contributed by atoms with van der Waals surface area (Å²) in [6.45, 7) is 0.520. The molecular formula is C22H25N3O2. The van der Waals surface area contributed by atoms with Gasteiger partial charge in [0, 0.05) is 23.6 Å². The van der Waals surface area contributed by atoms with Gasteiger partial charge in [0.15, 0.2) is 12.1 Å². The number of aliphatic imine (C=N–C) groups is 1. The van der Waals surface area contributed by atoms with Crippen LogP contribution in [0.2, 0.25) is 0 Å². The van der Waals surface area contributed by atoms with E-state index in [9.17, 15) is 4.79 Å². The van der Waals surface area contributed by atoms with Crippen LogP contribution in [0.5, 0.6) is 0 Å². The average Bonchev–Trinajstić information content (AvgIpc) is 3.24. The molecule has 1 saturated carbocycles. The Morgan fingerprint density at radius 1 is 1.04 bits per heavy atom. The van der Waals surface area contributed by atoms with Crippen LogP contribution in [-0.4, -0.2) is 18.0 Å². The molecule has 0 radical (unpaired) electrons. The zero-order chi connectivity index (χ0) is 18.5. The van der Waals surface area contributed by atoms with E-state index in [2.05, 4.69) is 10.8 Å². The first-order valence-electron chi connectivity index (χ1n) is 9.71. The van der Waals surface area contributed by atoms with Crippen LogP contribution in [0.25, 0.3) is 0 Å². The quantitative estimate of drug-likeness (QED) is 0.849. The van der Waals surface area contributed by atoms with Crippen molar-refractivity contribution in [3.63, 3.8) is 0 Å². The second-order valence-corrected chi connectivity index (χ2v) is 7.23. The summed E-state index contributed by atoms with van der Waals surface area (Å²) in [7, 11) is 0. The Morgan fingerprint density at radius 2 is 1.78 bits per heavy atom. The molecule has 2 aromatic rings. The van der Waals surface area contributed by atoms with Gasteiger partial charge < -0.3 is 5.32 Å². The number of hydroxylamine groups is 1. The molecule has 1 unspecified atom stereocenters. The van der Waals surface area contributed by atoms with E-state index in [1.165, 1.54) is 32.1 Å². The maximum Gasteiger partial charge on any atom is 0.251 e. The minimum atomic E-state index is -0.0888. The molecule has 2 aliphatic rings. The highest BCUT2D eigenvalue weighted by Gasteiger charge is 2.29. The van der Waals surface area contributed by atoms with E-state index in [0.29, 0.717) is 18.0 Å². The van der Waals surface area contributed by atoms with E-state index in [0.717, 1.165) is 17.0 Å². The third kappa shape index (κ3) is 4.37. The van der Waals surface area contributed by atoms with Crippen LogP contribution in [0.1, 0.15) is 53.6 Å². The number of rotatable bonds is 5. The predicted octanol–water partition coefficient (Wildman–Crippen LogP) is 3.80. The van der Waals surface area contributed by atoms with Gasteiger partial charge in [-0.05, 0) is 30.5 Å². The number of benzene rings is 2. The second kappa shape index (κ2) is 8.35. The molecule has 1 fully saturated rings. The highest BCUT2D eigenvalue weighted by Crippen LogP contribution is 2.30. The number of nitrogens with zero attached hydrogens (tertiary/aromatic N) is 1. The van der Waals surface area contributed by atoms with Crippen molar-refractivity contribution < 1.29 is 9.63 Å². The van der Waals surface area contributed by atoms with Gasteiger partial charge >= 0.3 is 0 Å². The molecule has 5 nitrogen and oxygen atoms in total. The van der Waals surface area contributed by atoms with Crippen molar-refractivity contribution in [1.82, 2.24) is 10.8 Å². The number of carbonyl (C=O) groups excluding carboxylic acids is 1. The molecule has 5 heteroatoms. The maximum atomic E-state index is 12.3. The fraction of sp³-hybridized carbons (Fsp3) is 0.364. The highest BCUT2D eigenvalue weighted by atomic mass is 16.7. The SMILES string of the molecule is O=C(NCc1ccccc1)c1ccc(C2=NC(C3CCCCC3)ON2)cc1. The first-order chi connectivity index (χ1) is 13.3. The lowest BCUT2D eigenvalue weighted by Crippen LogP contribution is -2.25. The largest absolute Gasteiger partial charge is 0.348 e. The third-order valence-corrected chi connectivity index (χ3v) is 5.30. The van der Waals surface area contributed by atoms with Crippen molar-refractivity contribution in [1.29, 1.82) is 0 Å². The minimum absolute atomic E-state index is 0.0805. The van der Waals surface area contributed by atoms with E-state index in [1.54, 1.807) is 0 Å². The van der Waals surface area contributed by atoms with E-state index < -0.39 is 0 Å². The molecule has 0 saturated heterocycles. The van der Waals surface area contributed by atoms with Gasteiger partial charge in [-0.15, -0.1) is 0 Å². The molecule has 27 heavy (non-hydrogen) atoms. The number of hydrogen-bond acceptors (Lipinski definition) is 4.